The van der Waals surface area contributed by atoms with Crippen molar-refractivity contribution in [1.29, 1.82) is 0 Å². The average molecular weight is 352 g/mol. The van der Waals surface area contributed by atoms with Crippen LogP contribution in [0.5, 0.6) is 0 Å². The van der Waals surface area contributed by atoms with Crippen LogP contribution in [0.2, 0.25) is 0 Å². The Bertz CT molecular complexity index is 903. The fourth-order valence-corrected chi connectivity index (χ4v) is 3.08. The number of fused-ring (bicyclic) bond motifs is 1. The van der Waals surface area contributed by atoms with E-state index in [-0.39, 0.29) is 18.7 Å². The Morgan fingerprint density at radius 1 is 1.27 bits per heavy atom. The summed E-state index contributed by atoms with van der Waals surface area (Å²) in [6.45, 7) is 5.57. The zero-order valence-electron chi connectivity index (χ0n) is 14.1. The highest BCUT2D eigenvalue weighted by Crippen LogP contribution is 2.41. The molecule has 0 N–H and O–H groups in total. The first-order chi connectivity index (χ1) is 12.4. The molecule has 0 spiro atoms. The zero-order valence-corrected chi connectivity index (χ0v) is 14.1. The Morgan fingerprint density at radius 3 is 2.65 bits per heavy atom. The summed E-state index contributed by atoms with van der Waals surface area (Å²) in [7, 11) is 0. The maximum absolute atomic E-state index is 12.7. The van der Waals surface area contributed by atoms with Gasteiger partial charge in [0.05, 0.1) is 0 Å². The van der Waals surface area contributed by atoms with Crippen LogP contribution in [0, 0.1) is 0 Å². The predicted octanol–water partition coefficient (Wildman–Crippen LogP) is 2.54. The normalized spacial score (nSPS) is 16.4. The van der Waals surface area contributed by atoms with Crippen LogP contribution in [0.4, 0.5) is 0 Å². The molecule has 26 heavy (non-hydrogen) atoms. The van der Waals surface area contributed by atoms with E-state index in [0.29, 0.717) is 27.9 Å². The molecule has 0 aliphatic heterocycles. The van der Waals surface area contributed by atoms with Crippen molar-refractivity contribution < 1.29 is 28.7 Å². The average Bonchev–Trinajstić information content (AvgIpc) is 3.05. The van der Waals surface area contributed by atoms with Crippen molar-refractivity contribution in [2.75, 3.05) is 0 Å². The summed E-state index contributed by atoms with van der Waals surface area (Å²) in [5.41, 5.74) is 3.52. The molecule has 6 heteroatoms. The third kappa shape index (κ3) is 3.13. The number of hydrogen-bond donors (Lipinski definition) is 0. The van der Waals surface area contributed by atoms with E-state index >= 15 is 0 Å². The lowest BCUT2D eigenvalue weighted by Crippen LogP contribution is -2.20. The van der Waals surface area contributed by atoms with E-state index in [1.165, 1.54) is 6.92 Å². The van der Waals surface area contributed by atoms with Gasteiger partial charge in [-0.05, 0) is 22.8 Å². The Morgan fingerprint density at radius 2 is 1.96 bits per heavy atom. The van der Waals surface area contributed by atoms with Crippen LogP contribution >= 0.6 is 0 Å². The summed E-state index contributed by atoms with van der Waals surface area (Å²) in [6.07, 6.45) is 0.222. The molecule has 0 heterocycles. The van der Waals surface area contributed by atoms with E-state index in [0.717, 1.165) is 5.56 Å². The molecule has 3 rings (SSSR count). The maximum Gasteiger partial charge on any atom is 0.316 e. The molecule has 1 aromatic rings. The second-order valence-corrected chi connectivity index (χ2v) is 5.98. The van der Waals surface area contributed by atoms with Crippen molar-refractivity contribution in [3.8, 4) is 0 Å². The molecular weight excluding hydrogens is 336 g/mol. The van der Waals surface area contributed by atoms with Crippen LogP contribution in [0.15, 0.2) is 53.6 Å². The number of hydrogen-bond acceptors (Lipinski definition) is 6. The van der Waals surface area contributed by atoms with Crippen molar-refractivity contribution in [1.82, 2.24) is 0 Å². The smallest absolute Gasteiger partial charge is 0.316 e. The van der Waals surface area contributed by atoms with Crippen molar-refractivity contribution in [3.05, 3.63) is 64.8 Å². The van der Waals surface area contributed by atoms with Crippen molar-refractivity contribution in [2.45, 2.75) is 26.1 Å². The monoisotopic (exact) mass is 352 g/mol. The van der Waals surface area contributed by atoms with Gasteiger partial charge in [0.15, 0.2) is 11.6 Å². The molecule has 2 aliphatic carbocycles. The van der Waals surface area contributed by atoms with Gasteiger partial charge in [0.2, 0.25) is 6.29 Å². The first-order valence-electron chi connectivity index (χ1n) is 8.01. The highest BCUT2D eigenvalue weighted by molar-refractivity contribution is 6.21. The molecule has 0 aromatic heterocycles. The Labute approximate surface area is 149 Å². The summed E-state index contributed by atoms with van der Waals surface area (Å²) in [4.78, 5) is 47.0. The molecule has 1 unspecified atom stereocenters. The van der Waals surface area contributed by atoms with Gasteiger partial charge in [-0.1, -0.05) is 30.8 Å². The molecule has 0 bridgehead atoms. The molecule has 2 aliphatic rings. The number of benzene rings is 1. The van der Waals surface area contributed by atoms with Gasteiger partial charge in [-0.25, -0.2) is 0 Å². The second-order valence-electron chi connectivity index (χ2n) is 5.98. The zero-order chi connectivity index (χ0) is 18.8. The molecule has 0 saturated carbocycles. The molecule has 0 fully saturated rings. The number of esters is 1. The minimum Gasteiger partial charge on any atom is -0.428 e. The number of ether oxygens (including phenoxy) is 2. The third-order valence-electron chi connectivity index (χ3n) is 4.31. The van der Waals surface area contributed by atoms with Gasteiger partial charge in [-0.15, -0.1) is 0 Å². The maximum atomic E-state index is 12.7. The van der Waals surface area contributed by atoms with E-state index in [9.17, 15) is 19.2 Å². The van der Waals surface area contributed by atoms with E-state index < -0.39 is 24.5 Å². The van der Waals surface area contributed by atoms with E-state index in [1.807, 2.05) is 12.1 Å². The topological polar surface area (TPSA) is 86.7 Å². The summed E-state index contributed by atoms with van der Waals surface area (Å²) >= 11 is 0. The fraction of sp³-hybridized carbons (Fsp3) is 0.200. The fourth-order valence-electron chi connectivity index (χ4n) is 3.08. The highest BCUT2D eigenvalue weighted by atomic mass is 16.7. The van der Waals surface area contributed by atoms with E-state index in [2.05, 4.69) is 11.3 Å². The van der Waals surface area contributed by atoms with Gasteiger partial charge in [-0.2, -0.15) is 0 Å². The number of Topliss-reactive ketones (excluding diaryl/α,β-unsaturated/α-hetero) is 2. The number of allylic oxidation sites excluding steroid dienone is 5. The summed E-state index contributed by atoms with van der Waals surface area (Å²) in [5, 5.41) is 0. The van der Waals surface area contributed by atoms with Crippen molar-refractivity contribution >= 4 is 29.6 Å². The second kappa shape index (κ2) is 6.92. The largest absolute Gasteiger partial charge is 0.428 e. The summed E-state index contributed by atoms with van der Waals surface area (Å²) < 4.78 is 9.24. The lowest BCUT2D eigenvalue weighted by molar-refractivity contribution is -0.176. The number of rotatable bonds is 6. The molecule has 0 saturated heterocycles. The van der Waals surface area contributed by atoms with Gasteiger partial charge in [0.25, 0.3) is 6.47 Å². The van der Waals surface area contributed by atoms with E-state index in [1.54, 1.807) is 18.2 Å². The van der Waals surface area contributed by atoms with Crippen molar-refractivity contribution in [3.63, 3.8) is 0 Å². The Balaban J connectivity index is 1.73. The quantitative estimate of drug-likeness (QED) is 0.338. The highest BCUT2D eigenvalue weighted by Gasteiger charge is 2.33. The molecule has 132 valence electrons. The molecule has 0 amide bonds. The van der Waals surface area contributed by atoms with Crippen LogP contribution in [0.1, 0.15) is 35.7 Å². The molecule has 6 nitrogen and oxygen atoms in total. The minimum atomic E-state index is -1.06. The standard InChI is InChI=1S/C20H16O6/c1-11-14-5-3-4-6-15(14)20(24)17-8-13(7-16(11)17)18(22)9-19(23)26-12(2)25-10-21/h3-7,10,12H,1,8-9H2,2H3. The third-order valence-corrected chi connectivity index (χ3v) is 4.31. The molecule has 1 atom stereocenters. The Hall–Kier alpha value is -3.28. The van der Waals surface area contributed by atoms with Gasteiger partial charge < -0.3 is 9.47 Å². The molecule has 0 radical (unpaired) electrons. The molecular formula is C20H16O6. The lowest BCUT2D eigenvalue weighted by Gasteiger charge is -2.19. The number of carbonyl (C=O) groups is 4. The lowest BCUT2D eigenvalue weighted by atomic mass is 9.83. The van der Waals surface area contributed by atoms with Crippen LogP contribution in [0.25, 0.3) is 5.57 Å². The Kier molecular flexibility index (Phi) is 4.67. The van der Waals surface area contributed by atoms with Gasteiger partial charge in [0.1, 0.15) is 6.42 Å². The van der Waals surface area contributed by atoms with Crippen LogP contribution in [-0.2, 0) is 23.9 Å². The van der Waals surface area contributed by atoms with E-state index in [4.69, 9.17) is 4.74 Å². The first-order valence-corrected chi connectivity index (χ1v) is 8.01. The van der Waals surface area contributed by atoms with Gasteiger partial charge >= 0.3 is 5.97 Å². The van der Waals surface area contributed by atoms with Gasteiger partial charge in [-0.3, -0.25) is 19.2 Å². The van der Waals surface area contributed by atoms with Crippen LogP contribution in [0.3, 0.4) is 0 Å². The van der Waals surface area contributed by atoms with Gasteiger partial charge in [0, 0.05) is 30.1 Å². The SMILES string of the molecule is C=C1C2=C(CC(C(=O)CC(=O)OC(C)OC=O)=C2)C(=O)c2ccccc21. The first kappa shape index (κ1) is 17.5. The van der Waals surface area contributed by atoms with Crippen LogP contribution < -0.4 is 0 Å². The van der Waals surface area contributed by atoms with Crippen molar-refractivity contribution in [2.24, 2.45) is 0 Å². The number of ketones is 2. The summed E-state index contributed by atoms with van der Waals surface area (Å²) in [5.74, 6) is -1.37. The summed E-state index contributed by atoms with van der Waals surface area (Å²) in [6, 6.07) is 7.16. The minimum absolute atomic E-state index is 0.127. The predicted molar refractivity (Wildman–Crippen MR) is 91.9 cm³/mol. The molecule has 1 aromatic carbocycles. The van der Waals surface area contributed by atoms with Crippen LogP contribution in [-0.4, -0.2) is 30.3 Å². The number of carbonyl (C=O) groups excluding carboxylic acids is 4.